The van der Waals surface area contributed by atoms with Crippen LogP contribution in [0.25, 0.3) is 0 Å². The minimum Gasteiger partial charge on any atom is -0.383 e. The third kappa shape index (κ3) is 1.57. The van der Waals surface area contributed by atoms with E-state index in [1.165, 1.54) is 0 Å². The van der Waals surface area contributed by atoms with Crippen molar-refractivity contribution in [2.24, 2.45) is 0 Å². The van der Waals surface area contributed by atoms with Gasteiger partial charge in [0.1, 0.15) is 5.82 Å². The molecule has 0 aromatic carbocycles. The third-order valence-corrected chi connectivity index (χ3v) is 1.83. The number of nitrogens with two attached hydrogens (primary N) is 1. The van der Waals surface area contributed by atoms with E-state index in [2.05, 4.69) is 10.9 Å². The first kappa shape index (κ1) is 8.61. The Morgan fingerprint density at radius 2 is 2.42 bits per heavy atom. The Labute approximate surface area is 72.8 Å². The van der Waals surface area contributed by atoms with E-state index < -0.39 is 0 Å². The Balaban J connectivity index is 3.11. The molecule has 2 heteroatoms. The van der Waals surface area contributed by atoms with E-state index in [9.17, 15) is 0 Å². The van der Waals surface area contributed by atoms with Gasteiger partial charge in [-0.15, -0.1) is 12.3 Å². The zero-order valence-corrected chi connectivity index (χ0v) is 7.17. The second-order valence-electron chi connectivity index (χ2n) is 2.57. The molecule has 1 aromatic heterocycles. The molecule has 1 rings (SSSR count). The van der Waals surface area contributed by atoms with Crippen LogP contribution >= 0.6 is 0 Å². The van der Waals surface area contributed by atoms with Crippen molar-refractivity contribution in [2.45, 2.75) is 19.8 Å². The average Bonchev–Trinajstić information content (AvgIpc) is 2.05. The summed E-state index contributed by atoms with van der Waals surface area (Å²) in [6, 6.07) is 1.93. The Morgan fingerprint density at radius 1 is 1.67 bits per heavy atom. The van der Waals surface area contributed by atoms with Gasteiger partial charge in [0, 0.05) is 12.6 Å². The van der Waals surface area contributed by atoms with Crippen LogP contribution in [0.5, 0.6) is 0 Å². The molecule has 0 unspecified atom stereocenters. The fourth-order valence-electron chi connectivity index (χ4n) is 1.23. The molecule has 12 heavy (non-hydrogen) atoms. The van der Waals surface area contributed by atoms with Crippen LogP contribution in [0.2, 0.25) is 0 Å². The standard InChI is InChI=1S/C10H12N2/c1-3-5-8-6-7-12-10(11)9(8)4-2/h1,6-7H,4-5H2,2H3,(H2,11,12). The summed E-state index contributed by atoms with van der Waals surface area (Å²) >= 11 is 0. The van der Waals surface area contributed by atoms with Gasteiger partial charge in [-0.1, -0.05) is 6.92 Å². The fourth-order valence-corrected chi connectivity index (χ4v) is 1.23. The van der Waals surface area contributed by atoms with E-state index in [1.807, 2.05) is 13.0 Å². The third-order valence-electron chi connectivity index (χ3n) is 1.83. The summed E-state index contributed by atoms with van der Waals surface area (Å²) in [4.78, 5) is 4.00. The normalized spacial score (nSPS) is 9.33. The van der Waals surface area contributed by atoms with Gasteiger partial charge < -0.3 is 5.73 Å². The van der Waals surface area contributed by atoms with Gasteiger partial charge in [-0.3, -0.25) is 0 Å². The molecular formula is C10H12N2. The van der Waals surface area contributed by atoms with Crippen molar-refractivity contribution in [1.82, 2.24) is 4.98 Å². The van der Waals surface area contributed by atoms with Crippen molar-refractivity contribution in [3.8, 4) is 12.3 Å². The number of rotatable bonds is 2. The molecule has 0 atom stereocenters. The molecule has 0 amide bonds. The summed E-state index contributed by atoms with van der Waals surface area (Å²) in [7, 11) is 0. The Bertz CT molecular complexity index is 310. The van der Waals surface area contributed by atoms with Crippen molar-refractivity contribution in [3.05, 3.63) is 23.4 Å². The predicted molar refractivity (Wildman–Crippen MR) is 50.6 cm³/mol. The number of hydrogen-bond acceptors (Lipinski definition) is 2. The van der Waals surface area contributed by atoms with Crippen molar-refractivity contribution in [1.29, 1.82) is 0 Å². The van der Waals surface area contributed by atoms with Crippen LogP contribution in [-0.4, -0.2) is 4.98 Å². The smallest absolute Gasteiger partial charge is 0.126 e. The Kier molecular flexibility index (Phi) is 2.71. The summed E-state index contributed by atoms with van der Waals surface area (Å²) in [6.07, 6.45) is 8.44. The number of nitrogen functional groups attached to an aromatic ring is 1. The van der Waals surface area contributed by atoms with Crippen molar-refractivity contribution < 1.29 is 0 Å². The zero-order chi connectivity index (χ0) is 8.97. The van der Waals surface area contributed by atoms with Gasteiger partial charge in [0.15, 0.2) is 0 Å². The first-order valence-electron chi connectivity index (χ1n) is 3.95. The lowest BCUT2D eigenvalue weighted by atomic mass is 10.0. The molecular weight excluding hydrogens is 148 g/mol. The summed E-state index contributed by atoms with van der Waals surface area (Å²) < 4.78 is 0. The first-order valence-corrected chi connectivity index (χ1v) is 3.95. The largest absolute Gasteiger partial charge is 0.383 e. The molecule has 0 aliphatic heterocycles. The molecule has 0 saturated heterocycles. The van der Waals surface area contributed by atoms with Crippen LogP contribution in [-0.2, 0) is 12.8 Å². The molecule has 0 fully saturated rings. The van der Waals surface area contributed by atoms with Crippen LogP contribution in [0.1, 0.15) is 18.1 Å². The number of anilines is 1. The topological polar surface area (TPSA) is 38.9 Å². The molecule has 0 saturated carbocycles. The second kappa shape index (κ2) is 3.77. The zero-order valence-electron chi connectivity index (χ0n) is 7.17. The lowest BCUT2D eigenvalue weighted by molar-refractivity contribution is 1.06. The van der Waals surface area contributed by atoms with E-state index in [0.717, 1.165) is 17.5 Å². The van der Waals surface area contributed by atoms with Gasteiger partial charge in [-0.25, -0.2) is 4.98 Å². The van der Waals surface area contributed by atoms with Crippen LogP contribution < -0.4 is 5.73 Å². The quantitative estimate of drug-likeness (QED) is 0.664. The van der Waals surface area contributed by atoms with Crippen LogP contribution in [0.4, 0.5) is 5.82 Å². The first-order chi connectivity index (χ1) is 5.79. The highest BCUT2D eigenvalue weighted by Gasteiger charge is 2.02. The maximum absolute atomic E-state index is 5.68. The van der Waals surface area contributed by atoms with E-state index in [4.69, 9.17) is 12.2 Å². The maximum atomic E-state index is 5.68. The van der Waals surface area contributed by atoms with Crippen molar-refractivity contribution >= 4 is 5.82 Å². The number of aromatic nitrogens is 1. The molecule has 0 bridgehead atoms. The van der Waals surface area contributed by atoms with Crippen LogP contribution in [0.15, 0.2) is 12.3 Å². The highest BCUT2D eigenvalue weighted by atomic mass is 14.8. The minimum atomic E-state index is 0.602. The lowest BCUT2D eigenvalue weighted by Gasteiger charge is -2.06. The van der Waals surface area contributed by atoms with Crippen LogP contribution in [0, 0.1) is 12.3 Å². The van der Waals surface area contributed by atoms with Crippen molar-refractivity contribution in [2.75, 3.05) is 5.73 Å². The number of hydrogen-bond donors (Lipinski definition) is 1. The molecule has 2 N–H and O–H groups in total. The molecule has 0 aliphatic carbocycles. The monoisotopic (exact) mass is 160 g/mol. The van der Waals surface area contributed by atoms with Gasteiger partial charge in [-0.2, -0.15) is 0 Å². The molecule has 1 aromatic rings. The van der Waals surface area contributed by atoms with Crippen molar-refractivity contribution in [3.63, 3.8) is 0 Å². The minimum absolute atomic E-state index is 0.602. The van der Waals surface area contributed by atoms with E-state index >= 15 is 0 Å². The number of nitrogens with zero attached hydrogens (tertiary/aromatic N) is 1. The van der Waals surface area contributed by atoms with Gasteiger partial charge in [-0.05, 0) is 23.6 Å². The molecule has 2 nitrogen and oxygen atoms in total. The summed E-state index contributed by atoms with van der Waals surface area (Å²) in [5, 5.41) is 0. The molecule has 0 radical (unpaired) electrons. The second-order valence-corrected chi connectivity index (χ2v) is 2.57. The van der Waals surface area contributed by atoms with E-state index in [0.29, 0.717) is 12.2 Å². The van der Waals surface area contributed by atoms with E-state index in [-0.39, 0.29) is 0 Å². The van der Waals surface area contributed by atoms with Gasteiger partial charge in [0.25, 0.3) is 0 Å². The molecule has 62 valence electrons. The van der Waals surface area contributed by atoms with E-state index in [1.54, 1.807) is 6.20 Å². The Morgan fingerprint density at radius 3 is 3.00 bits per heavy atom. The lowest BCUT2D eigenvalue weighted by Crippen LogP contribution is -2.00. The summed E-state index contributed by atoms with van der Waals surface area (Å²) in [5.74, 6) is 3.20. The number of terminal acetylenes is 1. The van der Waals surface area contributed by atoms with Gasteiger partial charge in [0.2, 0.25) is 0 Å². The fraction of sp³-hybridized carbons (Fsp3) is 0.300. The van der Waals surface area contributed by atoms with Crippen LogP contribution in [0.3, 0.4) is 0 Å². The molecule has 0 spiro atoms. The molecule has 1 heterocycles. The SMILES string of the molecule is C#CCc1ccnc(N)c1CC. The predicted octanol–water partition coefficient (Wildman–Crippen LogP) is 1.40. The maximum Gasteiger partial charge on any atom is 0.126 e. The van der Waals surface area contributed by atoms with Gasteiger partial charge >= 0.3 is 0 Å². The number of pyridine rings is 1. The summed E-state index contributed by atoms with van der Waals surface area (Å²) in [5.41, 5.74) is 7.88. The highest BCUT2D eigenvalue weighted by molar-refractivity contribution is 5.45. The van der Waals surface area contributed by atoms with Gasteiger partial charge in [0.05, 0.1) is 0 Å². The summed E-state index contributed by atoms with van der Waals surface area (Å²) in [6.45, 7) is 2.05. The highest BCUT2D eigenvalue weighted by Crippen LogP contribution is 2.14. The molecule has 0 aliphatic rings. The Hall–Kier alpha value is -1.49. The average molecular weight is 160 g/mol.